The molecule has 0 radical (unpaired) electrons. The minimum atomic E-state index is -0.311. The second-order valence-corrected chi connectivity index (χ2v) is 5.48. The van der Waals surface area contributed by atoms with Crippen LogP contribution in [0.5, 0.6) is 0 Å². The van der Waals surface area contributed by atoms with Crippen LogP contribution in [-0.4, -0.2) is 12.5 Å². The smallest absolute Gasteiger partial charge is 0.225 e. The summed E-state index contributed by atoms with van der Waals surface area (Å²) in [5, 5.41) is 3.03. The van der Waals surface area contributed by atoms with Crippen molar-refractivity contribution in [3.63, 3.8) is 0 Å². The number of rotatable bonds is 4. The van der Waals surface area contributed by atoms with Crippen LogP contribution in [-0.2, 0) is 4.79 Å². The summed E-state index contributed by atoms with van der Waals surface area (Å²) >= 11 is 0. The summed E-state index contributed by atoms with van der Waals surface area (Å²) in [7, 11) is 0. The Labute approximate surface area is 104 Å². The molecule has 0 saturated carbocycles. The molecule has 0 aromatic heterocycles. The van der Waals surface area contributed by atoms with Crippen molar-refractivity contribution >= 4 is 5.91 Å². The third kappa shape index (κ3) is 4.22. The number of amides is 1. The number of benzene rings is 1. The van der Waals surface area contributed by atoms with Crippen LogP contribution in [0.4, 0.5) is 0 Å². The van der Waals surface area contributed by atoms with E-state index in [1.807, 2.05) is 39.0 Å². The van der Waals surface area contributed by atoms with E-state index in [2.05, 4.69) is 24.4 Å². The molecule has 1 amide bonds. The number of carbonyl (C=O) groups excluding carboxylic acids is 1. The van der Waals surface area contributed by atoms with Gasteiger partial charge in [-0.15, -0.1) is 0 Å². The lowest BCUT2D eigenvalue weighted by Crippen LogP contribution is -2.37. The standard InChI is InChI=1S/C15H23NO/c1-5-12(13-9-7-6-8-10-13)11-16-14(17)15(2,3)4/h6-10,12H,5,11H2,1-4H3,(H,16,17). The van der Waals surface area contributed by atoms with E-state index in [1.54, 1.807) is 0 Å². The molecule has 0 aliphatic carbocycles. The molecule has 0 bridgehead atoms. The molecular formula is C15H23NO. The molecule has 0 saturated heterocycles. The van der Waals surface area contributed by atoms with Crippen LogP contribution in [0.3, 0.4) is 0 Å². The van der Waals surface area contributed by atoms with Crippen molar-refractivity contribution in [3.05, 3.63) is 35.9 Å². The van der Waals surface area contributed by atoms with Gasteiger partial charge in [-0.05, 0) is 12.0 Å². The summed E-state index contributed by atoms with van der Waals surface area (Å²) in [6.45, 7) is 8.68. The van der Waals surface area contributed by atoms with Gasteiger partial charge in [-0.2, -0.15) is 0 Å². The van der Waals surface area contributed by atoms with E-state index >= 15 is 0 Å². The van der Waals surface area contributed by atoms with Gasteiger partial charge in [0.15, 0.2) is 0 Å². The minimum absolute atomic E-state index is 0.117. The molecule has 1 atom stereocenters. The van der Waals surface area contributed by atoms with Gasteiger partial charge in [0.2, 0.25) is 5.91 Å². The third-order valence-electron chi connectivity index (χ3n) is 2.95. The SMILES string of the molecule is CCC(CNC(=O)C(C)(C)C)c1ccccc1. The molecule has 0 heterocycles. The van der Waals surface area contributed by atoms with Crippen molar-refractivity contribution in [2.75, 3.05) is 6.54 Å². The maximum atomic E-state index is 11.8. The molecule has 94 valence electrons. The Kier molecular flexibility index (Phi) is 4.73. The fourth-order valence-electron chi connectivity index (χ4n) is 1.70. The molecule has 0 spiro atoms. The van der Waals surface area contributed by atoms with Gasteiger partial charge in [0.05, 0.1) is 0 Å². The summed E-state index contributed by atoms with van der Waals surface area (Å²) in [6, 6.07) is 10.4. The van der Waals surface area contributed by atoms with Crippen molar-refractivity contribution in [1.29, 1.82) is 0 Å². The van der Waals surface area contributed by atoms with Crippen LogP contribution in [0, 0.1) is 5.41 Å². The van der Waals surface area contributed by atoms with E-state index in [1.165, 1.54) is 5.56 Å². The van der Waals surface area contributed by atoms with Crippen LogP contribution in [0.1, 0.15) is 45.6 Å². The predicted octanol–water partition coefficient (Wildman–Crippen LogP) is 3.34. The number of hydrogen-bond donors (Lipinski definition) is 1. The van der Waals surface area contributed by atoms with Crippen molar-refractivity contribution < 1.29 is 4.79 Å². The first-order valence-electron chi connectivity index (χ1n) is 6.28. The normalized spacial score (nSPS) is 13.2. The maximum absolute atomic E-state index is 11.8. The Morgan fingerprint density at radius 1 is 1.24 bits per heavy atom. The van der Waals surface area contributed by atoms with E-state index < -0.39 is 0 Å². The van der Waals surface area contributed by atoms with E-state index in [4.69, 9.17) is 0 Å². The second-order valence-electron chi connectivity index (χ2n) is 5.48. The summed E-state index contributed by atoms with van der Waals surface area (Å²) in [4.78, 5) is 11.8. The third-order valence-corrected chi connectivity index (χ3v) is 2.95. The van der Waals surface area contributed by atoms with Crippen molar-refractivity contribution in [3.8, 4) is 0 Å². The summed E-state index contributed by atoms with van der Waals surface area (Å²) in [6.07, 6.45) is 1.04. The number of hydrogen-bond acceptors (Lipinski definition) is 1. The maximum Gasteiger partial charge on any atom is 0.225 e. The van der Waals surface area contributed by atoms with Gasteiger partial charge in [-0.1, -0.05) is 58.0 Å². The first-order chi connectivity index (χ1) is 7.95. The van der Waals surface area contributed by atoms with E-state index in [9.17, 15) is 4.79 Å². The molecule has 0 fully saturated rings. The topological polar surface area (TPSA) is 29.1 Å². The first-order valence-corrected chi connectivity index (χ1v) is 6.28. The van der Waals surface area contributed by atoms with Gasteiger partial charge < -0.3 is 5.32 Å². The molecule has 1 N–H and O–H groups in total. The predicted molar refractivity (Wildman–Crippen MR) is 71.9 cm³/mol. The Morgan fingerprint density at radius 2 is 1.82 bits per heavy atom. The Balaban J connectivity index is 2.58. The lowest BCUT2D eigenvalue weighted by Gasteiger charge is -2.21. The first kappa shape index (κ1) is 13.8. The zero-order valence-corrected chi connectivity index (χ0v) is 11.3. The van der Waals surface area contributed by atoms with E-state index in [0.29, 0.717) is 5.92 Å². The number of carbonyl (C=O) groups is 1. The zero-order valence-electron chi connectivity index (χ0n) is 11.3. The van der Waals surface area contributed by atoms with Gasteiger partial charge in [0, 0.05) is 17.9 Å². The lowest BCUT2D eigenvalue weighted by atomic mass is 9.93. The van der Waals surface area contributed by atoms with Crippen molar-refractivity contribution in [2.45, 2.75) is 40.0 Å². The van der Waals surface area contributed by atoms with Gasteiger partial charge in [-0.25, -0.2) is 0 Å². The largest absolute Gasteiger partial charge is 0.355 e. The van der Waals surface area contributed by atoms with Crippen LogP contribution >= 0.6 is 0 Å². The quantitative estimate of drug-likeness (QED) is 0.849. The highest BCUT2D eigenvalue weighted by molar-refractivity contribution is 5.81. The lowest BCUT2D eigenvalue weighted by molar-refractivity contribution is -0.128. The van der Waals surface area contributed by atoms with Gasteiger partial charge in [0.1, 0.15) is 0 Å². The van der Waals surface area contributed by atoms with Crippen LogP contribution < -0.4 is 5.32 Å². The molecule has 2 heteroatoms. The fraction of sp³-hybridized carbons (Fsp3) is 0.533. The molecule has 1 rings (SSSR count). The van der Waals surface area contributed by atoms with Gasteiger partial charge in [-0.3, -0.25) is 4.79 Å². The van der Waals surface area contributed by atoms with Crippen molar-refractivity contribution in [2.24, 2.45) is 5.41 Å². The molecule has 1 unspecified atom stereocenters. The van der Waals surface area contributed by atoms with E-state index in [0.717, 1.165) is 13.0 Å². The Hall–Kier alpha value is -1.31. The average molecular weight is 233 g/mol. The molecule has 1 aromatic rings. The molecule has 2 nitrogen and oxygen atoms in total. The minimum Gasteiger partial charge on any atom is -0.355 e. The molecule has 0 aliphatic heterocycles. The highest BCUT2D eigenvalue weighted by atomic mass is 16.2. The molecule has 17 heavy (non-hydrogen) atoms. The molecule has 0 aliphatic rings. The summed E-state index contributed by atoms with van der Waals surface area (Å²) < 4.78 is 0. The Morgan fingerprint density at radius 3 is 2.29 bits per heavy atom. The molecule has 1 aromatic carbocycles. The summed E-state index contributed by atoms with van der Waals surface area (Å²) in [5.41, 5.74) is 0.985. The fourth-order valence-corrected chi connectivity index (χ4v) is 1.70. The van der Waals surface area contributed by atoms with Crippen molar-refractivity contribution in [1.82, 2.24) is 5.32 Å². The van der Waals surface area contributed by atoms with Gasteiger partial charge >= 0.3 is 0 Å². The molecular weight excluding hydrogens is 210 g/mol. The average Bonchev–Trinajstić information content (AvgIpc) is 2.29. The van der Waals surface area contributed by atoms with E-state index in [-0.39, 0.29) is 11.3 Å². The summed E-state index contributed by atoms with van der Waals surface area (Å²) in [5.74, 6) is 0.523. The van der Waals surface area contributed by atoms with Crippen LogP contribution in [0.25, 0.3) is 0 Å². The highest BCUT2D eigenvalue weighted by Crippen LogP contribution is 2.19. The van der Waals surface area contributed by atoms with Crippen LogP contribution in [0.15, 0.2) is 30.3 Å². The monoisotopic (exact) mass is 233 g/mol. The Bertz CT molecular complexity index is 351. The highest BCUT2D eigenvalue weighted by Gasteiger charge is 2.21. The second kappa shape index (κ2) is 5.85. The zero-order chi connectivity index (χ0) is 12.9. The van der Waals surface area contributed by atoms with Crippen LogP contribution in [0.2, 0.25) is 0 Å². The van der Waals surface area contributed by atoms with Gasteiger partial charge in [0.25, 0.3) is 0 Å². The number of nitrogens with one attached hydrogen (secondary N) is 1.